The molecule has 0 aromatic heterocycles. The smallest absolute Gasteiger partial charge is 0.317 e. The number of carboxylic acids is 1. The number of nitrogens with one attached hydrogen (secondary N) is 1. The van der Waals surface area contributed by atoms with Gasteiger partial charge in [0.1, 0.15) is 0 Å². The van der Waals surface area contributed by atoms with E-state index in [9.17, 15) is 9.59 Å². The molecule has 0 bridgehead atoms. The zero-order valence-corrected chi connectivity index (χ0v) is 11.9. The molecule has 0 aliphatic heterocycles. The summed E-state index contributed by atoms with van der Waals surface area (Å²) in [5.74, 6) is -0.0455. The number of urea groups is 1. The lowest BCUT2D eigenvalue weighted by Crippen LogP contribution is -2.38. The number of carbonyl (C=O) groups excluding carboxylic acids is 1. The van der Waals surface area contributed by atoms with Crippen LogP contribution in [0.15, 0.2) is 0 Å². The van der Waals surface area contributed by atoms with E-state index in [1.165, 1.54) is 32.1 Å². The van der Waals surface area contributed by atoms with Gasteiger partial charge >= 0.3 is 12.0 Å². The molecule has 2 amide bonds. The summed E-state index contributed by atoms with van der Waals surface area (Å²) in [5.41, 5.74) is 0. The van der Waals surface area contributed by atoms with E-state index < -0.39 is 5.97 Å². The third kappa shape index (κ3) is 7.03. The van der Waals surface area contributed by atoms with Crippen molar-refractivity contribution >= 4 is 12.0 Å². The Morgan fingerprint density at radius 2 is 1.95 bits per heavy atom. The van der Waals surface area contributed by atoms with Gasteiger partial charge in [-0.1, -0.05) is 32.1 Å². The van der Waals surface area contributed by atoms with Crippen LogP contribution in [0.4, 0.5) is 4.79 Å². The Kier molecular flexibility index (Phi) is 7.30. The molecule has 1 aliphatic rings. The normalized spacial score (nSPS) is 16.1. The van der Waals surface area contributed by atoms with Crippen molar-refractivity contribution in [3.8, 4) is 0 Å². The summed E-state index contributed by atoms with van der Waals surface area (Å²) in [5, 5.41) is 11.2. The third-order valence-electron chi connectivity index (χ3n) is 3.79. The molecule has 0 aromatic carbocycles. The number of nitrogens with zero attached hydrogens (tertiary/aromatic N) is 1. The van der Waals surface area contributed by atoms with Crippen LogP contribution in [0.1, 0.15) is 51.4 Å². The summed E-state index contributed by atoms with van der Waals surface area (Å²) < 4.78 is 0. The predicted molar refractivity (Wildman–Crippen MR) is 74.1 cm³/mol. The first kappa shape index (κ1) is 15.8. The molecule has 2 N–H and O–H groups in total. The quantitative estimate of drug-likeness (QED) is 0.698. The van der Waals surface area contributed by atoms with Gasteiger partial charge in [0.2, 0.25) is 0 Å². The highest BCUT2D eigenvalue weighted by Crippen LogP contribution is 2.26. The van der Waals surface area contributed by atoms with E-state index in [-0.39, 0.29) is 12.5 Å². The minimum atomic E-state index is -0.820. The molecule has 110 valence electrons. The van der Waals surface area contributed by atoms with Crippen molar-refractivity contribution < 1.29 is 14.7 Å². The summed E-state index contributed by atoms with van der Waals surface area (Å²) >= 11 is 0. The van der Waals surface area contributed by atoms with Gasteiger partial charge in [-0.3, -0.25) is 4.79 Å². The molecule has 0 atom stereocenters. The van der Waals surface area contributed by atoms with Crippen LogP contribution >= 0.6 is 0 Å². The first-order chi connectivity index (χ1) is 9.09. The molecule has 1 rings (SSSR count). The highest BCUT2D eigenvalue weighted by molar-refractivity contribution is 5.73. The summed E-state index contributed by atoms with van der Waals surface area (Å²) in [6.07, 6.45) is 8.28. The van der Waals surface area contributed by atoms with Crippen LogP contribution in [-0.2, 0) is 4.79 Å². The lowest BCUT2D eigenvalue weighted by Gasteiger charge is -2.24. The number of aliphatic carboxylic acids is 1. The third-order valence-corrected chi connectivity index (χ3v) is 3.79. The minimum Gasteiger partial charge on any atom is -0.481 e. The number of amides is 2. The van der Waals surface area contributed by atoms with E-state index in [4.69, 9.17) is 5.11 Å². The fourth-order valence-corrected chi connectivity index (χ4v) is 2.52. The van der Waals surface area contributed by atoms with Gasteiger partial charge in [0.05, 0.1) is 0 Å². The molecule has 0 heterocycles. The number of hydrogen-bond donors (Lipinski definition) is 2. The summed E-state index contributed by atoms with van der Waals surface area (Å²) in [6, 6.07) is -0.0961. The molecule has 0 unspecified atom stereocenters. The lowest BCUT2D eigenvalue weighted by molar-refractivity contribution is -0.137. The zero-order valence-electron chi connectivity index (χ0n) is 11.9. The monoisotopic (exact) mass is 270 g/mol. The first-order valence-electron chi connectivity index (χ1n) is 7.30. The van der Waals surface area contributed by atoms with Crippen molar-refractivity contribution in [3.05, 3.63) is 0 Å². The van der Waals surface area contributed by atoms with Gasteiger partial charge in [-0.05, 0) is 18.8 Å². The molecule has 0 aromatic rings. The highest BCUT2D eigenvalue weighted by atomic mass is 16.4. The van der Waals surface area contributed by atoms with E-state index in [1.807, 2.05) is 0 Å². The summed E-state index contributed by atoms with van der Waals surface area (Å²) in [6.45, 7) is 1.22. The maximum Gasteiger partial charge on any atom is 0.317 e. The Morgan fingerprint density at radius 1 is 1.26 bits per heavy atom. The van der Waals surface area contributed by atoms with Crippen molar-refractivity contribution in [2.45, 2.75) is 51.4 Å². The van der Waals surface area contributed by atoms with Crippen LogP contribution in [0, 0.1) is 5.92 Å². The Morgan fingerprint density at radius 3 is 2.58 bits per heavy atom. The van der Waals surface area contributed by atoms with E-state index >= 15 is 0 Å². The fraction of sp³-hybridized carbons (Fsp3) is 0.857. The average molecular weight is 270 g/mol. The molecule has 5 heteroatoms. The molecular formula is C14H26N2O3. The highest BCUT2D eigenvalue weighted by Gasteiger charge is 2.15. The van der Waals surface area contributed by atoms with Gasteiger partial charge in [0, 0.05) is 26.6 Å². The fourth-order valence-electron chi connectivity index (χ4n) is 2.52. The van der Waals surface area contributed by atoms with E-state index in [0.717, 1.165) is 18.9 Å². The molecule has 0 spiro atoms. The van der Waals surface area contributed by atoms with Crippen molar-refractivity contribution in [1.82, 2.24) is 10.2 Å². The van der Waals surface area contributed by atoms with Gasteiger partial charge in [-0.2, -0.15) is 0 Å². The molecule has 1 saturated carbocycles. The number of rotatable bonds is 7. The largest absolute Gasteiger partial charge is 0.481 e. The van der Waals surface area contributed by atoms with Crippen molar-refractivity contribution in [3.63, 3.8) is 0 Å². The topological polar surface area (TPSA) is 69.6 Å². The van der Waals surface area contributed by atoms with E-state index in [1.54, 1.807) is 11.9 Å². The molecule has 19 heavy (non-hydrogen) atoms. The van der Waals surface area contributed by atoms with Crippen molar-refractivity contribution in [2.24, 2.45) is 5.92 Å². The van der Waals surface area contributed by atoms with Crippen molar-refractivity contribution in [1.29, 1.82) is 0 Å². The second-order valence-corrected chi connectivity index (χ2v) is 5.44. The molecule has 1 aliphatic carbocycles. The summed E-state index contributed by atoms with van der Waals surface area (Å²) in [7, 11) is 1.80. The molecular weight excluding hydrogens is 244 g/mol. The van der Waals surface area contributed by atoms with E-state index in [2.05, 4.69) is 5.32 Å². The average Bonchev–Trinajstić information content (AvgIpc) is 2.41. The summed E-state index contributed by atoms with van der Waals surface area (Å²) in [4.78, 5) is 23.8. The maximum absolute atomic E-state index is 11.7. The zero-order chi connectivity index (χ0) is 14.1. The Balaban J connectivity index is 2.08. The minimum absolute atomic E-state index is 0.0961. The Bertz CT molecular complexity index is 288. The van der Waals surface area contributed by atoms with Crippen LogP contribution in [0.5, 0.6) is 0 Å². The molecule has 5 nitrogen and oxygen atoms in total. The van der Waals surface area contributed by atoms with Gasteiger partial charge in [-0.15, -0.1) is 0 Å². The second-order valence-electron chi connectivity index (χ2n) is 5.44. The number of carbonyl (C=O) groups is 2. The first-order valence-corrected chi connectivity index (χ1v) is 7.30. The molecule has 0 radical (unpaired) electrons. The standard InChI is InChI=1S/C14H26N2O3/c1-16(11-9-12-6-3-2-4-7-12)14(19)15-10-5-8-13(17)18/h12H,2-11H2,1H3,(H,15,19)(H,17,18). The van der Waals surface area contributed by atoms with E-state index in [0.29, 0.717) is 13.0 Å². The Labute approximate surface area is 115 Å². The number of hydrogen-bond acceptors (Lipinski definition) is 2. The lowest BCUT2D eigenvalue weighted by atomic mass is 9.87. The van der Waals surface area contributed by atoms with Gasteiger partial charge in [-0.25, -0.2) is 4.79 Å². The maximum atomic E-state index is 11.7. The van der Waals surface area contributed by atoms with Crippen molar-refractivity contribution in [2.75, 3.05) is 20.1 Å². The van der Waals surface area contributed by atoms with Crippen LogP contribution in [0.25, 0.3) is 0 Å². The van der Waals surface area contributed by atoms with Crippen LogP contribution in [0.2, 0.25) is 0 Å². The van der Waals surface area contributed by atoms with Gasteiger partial charge < -0.3 is 15.3 Å². The predicted octanol–water partition coefficient (Wildman–Crippen LogP) is 2.46. The second kappa shape index (κ2) is 8.77. The molecule has 0 saturated heterocycles. The Hall–Kier alpha value is -1.26. The van der Waals surface area contributed by atoms with Gasteiger partial charge in [0.25, 0.3) is 0 Å². The van der Waals surface area contributed by atoms with Crippen LogP contribution < -0.4 is 5.32 Å². The van der Waals surface area contributed by atoms with Crippen LogP contribution in [0.3, 0.4) is 0 Å². The van der Waals surface area contributed by atoms with Gasteiger partial charge in [0.15, 0.2) is 0 Å². The molecule has 1 fully saturated rings. The van der Waals surface area contributed by atoms with Crippen LogP contribution in [-0.4, -0.2) is 42.1 Å². The number of carboxylic acid groups (broad SMARTS) is 1. The SMILES string of the molecule is CN(CCC1CCCCC1)C(=O)NCCCC(=O)O.